The van der Waals surface area contributed by atoms with Crippen LogP contribution in [0.3, 0.4) is 0 Å². The van der Waals surface area contributed by atoms with E-state index >= 15 is 0 Å². The summed E-state index contributed by atoms with van der Waals surface area (Å²) >= 11 is 0. The topological polar surface area (TPSA) is 93.1 Å². The van der Waals surface area contributed by atoms with E-state index in [9.17, 15) is 8.42 Å². The zero-order valence-corrected chi connectivity index (χ0v) is 18.9. The van der Waals surface area contributed by atoms with Crippen LogP contribution in [0, 0.1) is 19.8 Å². The first kappa shape index (κ1) is 22.0. The summed E-state index contributed by atoms with van der Waals surface area (Å²) in [7, 11) is -1.48. The van der Waals surface area contributed by atoms with Gasteiger partial charge in [-0.1, -0.05) is 13.8 Å². The van der Waals surface area contributed by atoms with E-state index in [-0.39, 0.29) is 17.0 Å². The highest BCUT2D eigenvalue weighted by atomic mass is 32.2. The molecule has 3 heterocycles. The van der Waals surface area contributed by atoms with E-state index in [1.54, 1.807) is 6.20 Å². The molecule has 0 spiro atoms. The number of imidazole rings is 1. The molecule has 162 valence electrons. The second kappa shape index (κ2) is 8.97. The van der Waals surface area contributed by atoms with Crippen LogP contribution in [0.2, 0.25) is 0 Å². The average molecular weight is 424 g/mol. The first-order valence-electron chi connectivity index (χ1n) is 10.2. The van der Waals surface area contributed by atoms with Crippen molar-refractivity contribution < 1.29 is 13.2 Å². The lowest BCUT2D eigenvalue weighted by atomic mass is 10.2. The Bertz CT molecular complexity index is 907. The molecule has 1 fully saturated rings. The van der Waals surface area contributed by atoms with E-state index in [2.05, 4.69) is 33.9 Å². The smallest absolute Gasteiger partial charge is 0.227 e. The van der Waals surface area contributed by atoms with Gasteiger partial charge in [0.15, 0.2) is 0 Å². The van der Waals surface area contributed by atoms with Crippen LogP contribution in [0.5, 0.6) is 0 Å². The van der Waals surface area contributed by atoms with Crippen LogP contribution in [-0.4, -0.2) is 58.6 Å². The fraction of sp³-hybridized carbons (Fsp3) is 0.700. The summed E-state index contributed by atoms with van der Waals surface area (Å²) in [5.74, 6) is 0.313. The van der Waals surface area contributed by atoms with Crippen LogP contribution in [0.25, 0.3) is 0 Å². The summed E-state index contributed by atoms with van der Waals surface area (Å²) in [6, 6.07) is 0. The minimum Gasteiger partial charge on any atom is -0.377 e. The van der Waals surface area contributed by atoms with E-state index in [1.165, 1.54) is 5.56 Å². The number of nitrogens with one attached hydrogen (secondary N) is 1. The standard InChI is InChI=1S/C20H33N5O3S/c1-14(2)10-25-17(11-24(5)12-19-15(3)22-23-16(19)4)9-21-20(25)29(26,27)13-18-7-6-8-28-18/h9,14,18H,6-8,10-13H2,1-5H3,(H,22,23). The molecule has 0 saturated carbocycles. The second-order valence-electron chi connectivity index (χ2n) is 8.54. The minimum atomic E-state index is -3.50. The molecule has 0 radical (unpaired) electrons. The molecule has 1 unspecified atom stereocenters. The lowest BCUT2D eigenvalue weighted by molar-refractivity contribution is 0.127. The van der Waals surface area contributed by atoms with Crippen molar-refractivity contribution in [3.8, 4) is 0 Å². The predicted octanol–water partition coefficient (Wildman–Crippen LogP) is 2.46. The zero-order chi connectivity index (χ0) is 21.2. The number of nitrogens with zero attached hydrogens (tertiary/aromatic N) is 4. The van der Waals surface area contributed by atoms with E-state index in [0.717, 1.165) is 36.5 Å². The van der Waals surface area contributed by atoms with E-state index in [0.29, 0.717) is 25.6 Å². The van der Waals surface area contributed by atoms with E-state index in [1.807, 2.05) is 25.5 Å². The molecule has 9 heteroatoms. The van der Waals surface area contributed by atoms with Crippen LogP contribution in [0.4, 0.5) is 0 Å². The molecule has 0 aromatic carbocycles. The number of hydrogen-bond donors (Lipinski definition) is 1. The maximum atomic E-state index is 13.0. The lowest BCUT2D eigenvalue weighted by Gasteiger charge is -2.20. The van der Waals surface area contributed by atoms with Crippen LogP contribution in [0.15, 0.2) is 11.4 Å². The number of ether oxygens (including phenoxy) is 1. The molecule has 1 aliphatic heterocycles. The van der Waals surface area contributed by atoms with Crippen LogP contribution >= 0.6 is 0 Å². The van der Waals surface area contributed by atoms with Crippen molar-refractivity contribution in [1.29, 1.82) is 0 Å². The Labute approximate surface area is 173 Å². The van der Waals surface area contributed by atoms with Gasteiger partial charge in [-0.15, -0.1) is 0 Å². The molecule has 1 N–H and O–H groups in total. The van der Waals surface area contributed by atoms with Crippen molar-refractivity contribution in [1.82, 2.24) is 24.6 Å². The Balaban J connectivity index is 1.81. The summed E-state index contributed by atoms with van der Waals surface area (Å²) < 4.78 is 33.5. The SMILES string of the molecule is Cc1n[nH]c(C)c1CN(C)Cc1cnc(S(=O)(=O)CC2CCCO2)n1CC(C)C. The Kier molecular flexibility index (Phi) is 6.80. The highest BCUT2D eigenvalue weighted by molar-refractivity contribution is 7.91. The average Bonchev–Trinajstić information content (AvgIpc) is 3.33. The number of aryl methyl sites for hydroxylation is 2. The number of hydrogen-bond acceptors (Lipinski definition) is 6. The van der Waals surface area contributed by atoms with Crippen LogP contribution < -0.4 is 0 Å². The molecule has 2 aromatic rings. The normalized spacial score (nSPS) is 17.7. The van der Waals surface area contributed by atoms with E-state index < -0.39 is 9.84 Å². The first-order valence-corrected chi connectivity index (χ1v) is 11.9. The van der Waals surface area contributed by atoms with Gasteiger partial charge in [-0.2, -0.15) is 5.10 Å². The number of H-pyrrole nitrogens is 1. The van der Waals surface area contributed by atoms with Crippen LogP contribution in [-0.2, 0) is 34.2 Å². The fourth-order valence-corrected chi connectivity index (χ4v) is 5.47. The molecular formula is C20H33N5O3S. The van der Waals surface area contributed by atoms with Gasteiger partial charge < -0.3 is 9.30 Å². The van der Waals surface area contributed by atoms with Gasteiger partial charge in [0.05, 0.1) is 29.4 Å². The monoisotopic (exact) mass is 423 g/mol. The third-order valence-corrected chi connectivity index (χ3v) is 6.99. The largest absolute Gasteiger partial charge is 0.377 e. The van der Waals surface area contributed by atoms with Crippen molar-refractivity contribution in [3.63, 3.8) is 0 Å². The Morgan fingerprint density at radius 2 is 2.10 bits per heavy atom. The maximum Gasteiger partial charge on any atom is 0.227 e. The Morgan fingerprint density at radius 3 is 2.69 bits per heavy atom. The van der Waals surface area contributed by atoms with Crippen molar-refractivity contribution >= 4 is 9.84 Å². The van der Waals surface area contributed by atoms with Gasteiger partial charge in [-0.3, -0.25) is 10.00 Å². The van der Waals surface area contributed by atoms with Gasteiger partial charge in [0.25, 0.3) is 0 Å². The summed E-state index contributed by atoms with van der Waals surface area (Å²) in [4.78, 5) is 6.50. The zero-order valence-electron chi connectivity index (χ0n) is 18.1. The number of rotatable bonds is 9. The molecule has 1 saturated heterocycles. The van der Waals surface area contributed by atoms with Crippen molar-refractivity contribution in [2.24, 2.45) is 5.92 Å². The molecule has 29 heavy (non-hydrogen) atoms. The quantitative estimate of drug-likeness (QED) is 0.666. The van der Waals surface area contributed by atoms with E-state index in [4.69, 9.17) is 4.74 Å². The number of aromatic amines is 1. The molecule has 2 aromatic heterocycles. The molecule has 0 aliphatic carbocycles. The fourth-order valence-electron chi connectivity index (χ4n) is 3.83. The predicted molar refractivity (Wildman–Crippen MR) is 111 cm³/mol. The lowest BCUT2D eigenvalue weighted by Crippen LogP contribution is -2.26. The summed E-state index contributed by atoms with van der Waals surface area (Å²) in [6.45, 7) is 10.8. The highest BCUT2D eigenvalue weighted by Crippen LogP contribution is 2.22. The maximum absolute atomic E-state index is 13.0. The molecule has 1 aliphatic rings. The van der Waals surface area contributed by atoms with Gasteiger partial charge in [-0.05, 0) is 39.7 Å². The second-order valence-corrected chi connectivity index (χ2v) is 10.5. The van der Waals surface area contributed by atoms with Gasteiger partial charge in [0.2, 0.25) is 15.0 Å². The van der Waals surface area contributed by atoms with Crippen molar-refractivity contribution in [2.45, 2.75) is 71.4 Å². The summed E-state index contributed by atoms with van der Waals surface area (Å²) in [5, 5.41) is 7.44. The minimum absolute atomic E-state index is 0.00476. The van der Waals surface area contributed by atoms with Crippen molar-refractivity contribution in [2.75, 3.05) is 19.4 Å². The van der Waals surface area contributed by atoms with Gasteiger partial charge in [0, 0.05) is 37.5 Å². The molecule has 8 nitrogen and oxygen atoms in total. The first-order chi connectivity index (χ1) is 13.7. The number of sulfone groups is 1. The van der Waals surface area contributed by atoms with Gasteiger partial charge in [-0.25, -0.2) is 13.4 Å². The third kappa shape index (κ3) is 5.26. The summed E-state index contributed by atoms with van der Waals surface area (Å²) in [6.07, 6.45) is 3.20. The summed E-state index contributed by atoms with van der Waals surface area (Å²) in [5.41, 5.74) is 4.13. The van der Waals surface area contributed by atoms with Crippen molar-refractivity contribution in [3.05, 3.63) is 28.8 Å². The van der Waals surface area contributed by atoms with Crippen LogP contribution in [0.1, 0.15) is 49.3 Å². The Hall–Kier alpha value is -1.71. The number of aromatic nitrogens is 4. The molecule has 0 bridgehead atoms. The molecule has 3 rings (SSSR count). The Morgan fingerprint density at radius 1 is 1.34 bits per heavy atom. The molecule has 0 amide bonds. The van der Waals surface area contributed by atoms with Gasteiger partial charge in [0.1, 0.15) is 0 Å². The van der Waals surface area contributed by atoms with Gasteiger partial charge >= 0.3 is 0 Å². The third-order valence-electron chi connectivity index (χ3n) is 5.30. The molecule has 1 atom stereocenters. The molecular weight excluding hydrogens is 390 g/mol. The highest BCUT2D eigenvalue weighted by Gasteiger charge is 2.29.